The highest BCUT2D eigenvalue weighted by Gasteiger charge is 2.46. The Balaban J connectivity index is 1.23. The van der Waals surface area contributed by atoms with E-state index in [-0.39, 0.29) is 5.92 Å². The molecule has 3 fully saturated rings. The van der Waals surface area contributed by atoms with Crippen LogP contribution >= 0.6 is 11.3 Å². The van der Waals surface area contributed by atoms with Crippen LogP contribution in [0.5, 0.6) is 0 Å². The van der Waals surface area contributed by atoms with Crippen molar-refractivity contribution in [3.63, 3.8) is 0 Å². The first-order valence-electron chi connectivity index (χ1n) is 9.36. The van der Waals surface area contributed by atoms with Gasteiger partial charge >= 0.3 is 0 Å². The molecule has 2 unspecified atom stereocenters. The monoisotopic (exact) mass is 348 g/mol. The number of aryl methyl sites for hydroxylation is 1. The van der Waals surface area contributed by atoms with Gasteiger partial charge in [-0.3, -0.25) is 9.69 Å². The molecule has 0 radical (unpaired) electrons. The van der Waals surface area contributed by atoms with E-state index in [1.807, 2.05) is 11.3 Å². The van der Waals surface area contributed by atoms with E-state index in [9.17, 15) is 4.79 Å². The molecular weight excluding hydrogens is 320 g/mol. The van der Waals surface area contributed by atoms with E-state index < -0.39 is 0 Å². The van der Waals surface area contributed by atoms with Crippen LogP contribution in [-0.4, -0.2) is 61.6 Å². The molecule has 1 aromatic rings. The van der Waals surface area contributed by atoms with Crippen molar-refractivity contribution in [2.24, 2.45) is 11.8 Å². The Morgan fingerprint density at radius 3 is 2.62 bits per heavy atom. The van der Waals surface area contributed by atoms with E-state index in [2.05, 4.69) is 28.9 Å². The van der Waals surface area contributed by atoms with Gasteiger partial charge in [-0.2, -0.15) is 0 Å². The highest BCUT2D eigenvalue weighted by atomic mass is 32.1. The molecule has 1 aliphatic carbocycles. The van der Waals surface area contributed by atoms with E-state index in [0.717, 1.165) is 51.7 Å². The molecule has 2 atom stereocenters. The topological polar surface area (TPSA) is 32.8 Å². The second-order valence-corrected chi connectivity index (χ2v) is 8.90. The fourth-order valence-corrected chi connectivity index (χ4v) is 5.17. The SMILES string of the molecule is Cc1ccc(C2CC2C(=O)N2CCN(CC3CCOCC3)CC2)s1. The van der Waals surface area contributed by atoms with E-state index in [1.165, 1.54) is 29.1 Å². The average molecular weight is 349 g/mol. The van der Waals surface area contributed by atoms with Gasteiger partial charge in [0.25, 0.3) is 0 Å². The summed E-state index contributed by atoms with van der Waals surface area (Å²) >= 11 is 1.86. The molecule has 4 nitrogen and oxygen atoms in total. The number of amides is 1. The van der Waals surface area contributed by atoms with Crippen molar-refractivity contribution in [1.82, 2.24) is 9.80 Å². The molecule has 0 N–H and O–H groups in total. The predicted molar refractivity (Wildman–Crippen MR) is 96.5 cm³/mol. The molecule has 3 heterocycles. The van der Waals surface area contributed by atoms with Crippen LogP contribution in [0.1, 0.15) is 34.9 Å². The number of carbonyl (C=O) groups is 1. The van der Waals surface area contributed by atoms with Gasteiger partial charge in [0.15, 0.2) is 0 Å². The van der Waals surface area contributed by atoms with Crippen LogP contribution < -0.4 is 0 Å². The highest BCUT2D eigenvalue weighted by Crippen LogP contribution is 2.50. The van der Waals surface area contributed by atoms with E-state index in [0.29, 0.717) is 11.8 Å². The third-order valence-electron chi connectivity index (χ3n) is 5.78. The van der Waals surface area contributed by atoms with Crippen LogP contribution in [0.4, 0.5) is 0 Å². The lowest BCUT2D eigenvalue weighted by molar-refractivity contribution is -0.134. The molecule has 132 valence electrons. The summed E-state index contributed by atoms with van der Waals surface area (Å²) in [7, 11) is 0. The molecule has 4 rings (SSSR count). The number of nitrogens with zero attached hydrogens (tertiary/aromatic N) is 2. The summed E-state index contributed by atoms with van der Waals surface area (Å²) in [5, 5.41) is 0. The van der Waals surface area contributed by atoms with Crippen LogP contribution in [0.15, 0.2) is 12.1 Å². The number of piperazine rings is 1. The van der Waals surface area contributed by atoms with E-state index in [4.69, 9.17) is 4.74 Å². The van der Waals surface area contributed by atoms with Gasteiger partial charge < -0.3 is 9.64 Å². The molecule has 0 bridgehead atoms. The fraction of sp³-hybridized carbons (Fsp3) is 0.737. The van der Waals surface area contributed by atoms with Gasteiger partial charge in [-0.15, -0.1) is 11.3 Å². The molecule has 3 aliphatic rings. The third kappa shape index (κ3) is 3.68. The molecule has 2 aliphatic heterocycles. The molecule has 0 aromatic carbocycles. The lowest BCUT2D eigenvalue weighted by Gasteiger charge is -2.37. The molecule has 1 saturated carbocycles. The summed E-state index contributed by atoms with van der Waals surface area (Å²) < 4.78 is 5.45. The molecule has 0 spiro atoms. The standard InChI is InChI=1S/C19H28N2O2S/c1-14-2-3-18(24-14)16-12-17(16)19(22)21-8-6-20(7-9-21)13-15-4-10-23-11-5-15/h2-3,15-17H,4-13H2,1H3. The third-order valence-corrected chi connectivity index (χ3v) is 6.91. The quantitative estimate of drug-likeness (QED) is 0.839. The Morgan fingerprint density at radius 2 is 1.96 bits per heavy atom. The summed E-state index contributed by atoms with van der Waals surface area (Å²) in [6.07, 6.45) is 3.45. The largest absolute Gasteiger partial charge is 0.381 e. The number of carbonyl (C=O) groups excluding carboxylic acids is 1. The van der Waals surface area contributed by atoms with Gasteiger partial charge in [0.2, 0.25) is 5.91 Å². The maximum atomic E-state index is 12.7. The molecule has 1 amide bonds. The van der Waals surface area contributed by atoms with Crippen molar-refractivity contribution in [2.45, 2.75) is 32.1 Å². The second kappa shape index (κ2) is 7.14. The smallest absolute Gasteiger partial charge is 0.226 e. The van der Waals surface area contributed by atoms with Gasteiger partial charge in [-0.25, -0.2) is 0 Å². The molecule has 5 heteroatoms. The summed E-state index contributed by atoms with van der Waals surface area (Å²) in [5.74, 6) is 1.94. The van der Waals surface area contributed by atoms with E-state index in [1.54, 1.807) is 0 Å². The van der Waals surface area contributed by atoms with Crippen molar-refractivity contribution in [3.8, 4) is 0 Å². The number of ether oxygens (including phenoxy) is 1. The zero-order chi connectivity index (χ0) is 16.5. The Kier molecular flexibility index (Phi) is 4.93. The fourth-order valence-electron chi connectivity index (χ4n) is 4.11. The first kappa shape index (κ1) is 16.6. The average Bonchev–Trinajstić information content (AvgIpc) is 3.30. The highest BCUT2D eigenvalue weighted by molar-refractivity contribution is 7.12. The first-order valence-corrected chi connectivity index (χ1v) is 10.2. The summed E-state index contributed by atoms with van der Waals surface area (Å²) in [5.41, 5.74) is 0. The minimum absolute atomic E-state index is 0.255. The normalized spacial score (nSPS) is 29.0. The number of hydrogen-bond acceptors (Lipinski definition) is 4. The predicted octanol–water partition coefficient (Wildman–Crippen LogP) is 2.73. The van der Waals surface area contributed by atoms with Gasteiger partial charge in [0, 0.05) is 67.5 Å². The van der Waals surface area contributed by atoms with Gasteiger partial charge in [0.1, 0.15) is 0 Å². The Hall–Kier alpha value is -0.910. The van der Waals surface area contributed by atoms with Gasteiger partial charge in [-0.1, -0.05) is 0 Å². The molecule has 24 heavy (non-hydrogen) atoms. The van der Waals surface area contributed by atoms with Crippen molar-refractivity contribution < 1.29 is 9.53 Å². The number of hydrogen-bond donors (Lipinski definition) is 0. The Bertz CT molecular complexity index is 574. The zero-order valence-corrected chi connectivity index (χ0v) is 15.4. The van der Waals surface area contributed by atoms with Crippen molar-refractivity contribution in [1.29, 1.82) is 0 Å². The second-order valence-electron chi connectivity index (χ2n) is 7.58. The van der Waals surface area contributed by atoms with Gasteiger partial charge in [-0.05, 0) is 44.2 Å². The minimum atomic E-state index is 0.255. The summed E-state index contributed by atoms with van der Waals surface area (Å²) in [4.78, 5) is 20.2. The van der Waals surface area contributed by atoms with Crippen LogP contribution in [0.25, 0.3) is 0 Å². The van der Waals surface area contributed by atoms with Crippen molar-refractivity contribution in [3.05, 3.63) is 21.9 Å². The number of thiophene rings is 1. The lowest BCUT2D eigenvalue weighted by atomic mass is 9.99. The Labute approximate surface area is 148 Å². The van der Waals surface area contributed by atoms with Crippen LogP contribution in [0.3, 0.4) is 0 Å². The zero-order valence-electron chi connectivity index (χ0n) is 14.6. The molecule has 1 aromatic heterocycles. The van der Waals surface area contributed by atoms with Crippen molar-refractivity contribution in [2.75, 3.05) is 45.9 Å². The Morgan fingerprint density at radius 1 is 1.21 bits per heavy atom. The van der Waals surface area contributed by atoms with Crippen LogP contribution in [0.2, 0.25) is 0 Å². The van der Waals surface area contributed by atoms with Crippen molar-refractivity contribution >= 4 is 17.2 Å². The number of rotatable bonds is 4. The van der Waals surface area contributed by atoms with Gasteiger partial charge in [0.05, 0.1) is 0 Å². The molecular formula is C19H28N2O2S. The van der Waals surface area contributed by atoms with E-state index >= 15 is 0 Å². The van der Waals surface area contributed by atoms with Crippen LogP contribution in [-0.2, 0) is 9.53 Å². The summed E-state index contributed by atoms with van der Waals surface area (Å²) in [6.45, 7) is 9.08. The lowest BCUT2D eigenvalue weighted by Crippen LogP contribution is -2.50. The maximum Gasteiger partial charge on any atom is 0.226 e. The minimum Gasteiger partial charge on any atom is -0.381 e. The molecule has 2 saturated heterocycles. The summed E-state index contributed by atoms with van der Waals surface area (Å²) in [6, 6.07) is 4.39. The maximum absolute atomic E-state index is 12.7. The first-order chi connectivity index (χ1) is 11.7. The van der Waals surface area contributed by atoms with Crippen LogP contribution in [0, 0.1) is 18.8 Å².